The van der Waals surface area contributed by atoms with Crippen LogP contribution in [-0.2, 0) is 81.6 Å². The van der Waals surface area contributed by atoms with E-state index in [1.54, 1.807) is 45.0 Å². The number of carboxylic acids is 5. The number of nitrogens with zero attached hydrogens (tertiary/aromatic N) is 5. The number of aliphatic carboxylic acids is 5. The Morgan fingerprint density at radius 1 is 0.604 bits per heavy atom. The van der Waals surface area contributed by atoms with Gasteiger partial charge in [-0.15, -0.1) is 0 Å². The zero-order valence-corrected chi connectivity index (χ0v) is 51.3. The summed E-state index contributed by atoms with van der Waals surface area (Å²) in [4.78, 5) is 152. The van der Waals surface area contributed by atoms with E-state index >= 15 is 0 Å². The quantitative estimate of drug-likeness (QED) is 0.0187. The molecule has 1 fully saturated rings. The van der Waals surface area contributed by atoms with E-state index in [4.69, 9.17) is 21.7 Å². The fraction of sp³-hybridized carbons (Fsp3) is 0.542. The van der Waals surface area contributed by atoms with Crippen LogP contribution in [0.25, 0.3) is 0 Å². The van der Waals surface area contributed by atoms with Crippen molar-refractivity contribution in [2.75, 3.05) is 123 Å². The number of ether oxygens (including phenoxy) is 2. The molecule has 91 heavy (non-hydrogen) atoms. The smallest absolute Gasteiger partial charge is 0.328 e. The Hall–Kier alpha value is -8.21. The molecule has 6 atom stereocenters. The molecule has 1 saturated heterocycles. The van der Waals surface area contributed by atoms with Gasteiger partial charge in [-0.3, -0.25) is 53.2 Å². The third kappa shape index (κ3) is 30.0. The highest BCUT2D eigenvalue weighted by molar-refractivity contribution is 7.80. The lowest BCUT2D eigenvalue weighted by molar-refractivity contribution is -0.308. The van der Waals surface area contributed by atoms with Gasteiger partial charge in [0.15, 0.2) is 22.5 Å². The van der Waals surface area contributed by atoms with Crippen molar-refractivity contribution in [3.63, 3.8) is 0 Å². The second-order valence-corrected chi connectivity index (χ2v) is 22.2. The number of aliphatic hydroxyl groups is 2. The number of nitrogens with one attached hydrogen (secondary N) is 6. The van der Waals surface area contributed by atoms with E-state index in [1.165, 1.54) is 19.4 Å². The number of H-pyrrole nitrogens is 1. The van der Waals surface area contributed by atoms with Gasteiger partial charge in [0.25, 0.3) is 0 Å². The second kappa shape index (κ2) is 40.5. The summed E-state index contributed by atoms with van der Waals surface area (Å²) < 4.78 is 11.0. The van der Waals surface area contributed by atoms with Gasteiger partial charge in [-0.2, -0.15) is 0 Å². The van der Waals surface area contributed by atoms with Gasteiger partial charge in [-0.05, 0) is 48.8 Å². The molecule has 1 aromatic heterocycles. The molecular formula is C59H80N11O20S-3. The molecule has 0 bridgehead atoms. The number of Topliss-reactive ketones (excluding diaryl/α,β-unsaturated/α-hetero) is 3. The summed E-state index contributed by atoms with van der Waals surface area (Å²) in [5.41, 5.74) is 2.56. The molecule has 0 spiro atoms. The molecule has 3 aromatic rings. The Bertz CT molecular complexity index is 2840. The van der Waals surface area contributed by atoms with Gasteiger partial charge < -0.3 is 91.2 Å². The molecule has 1 aliphatic rings. The Labute approximate surface area is 530 Å². The lowest BCUT2D eigenvalue weighted by Crippen LogP contribution is -2.51. The lowest BCUT2D eigenvalue weighted by Gasteiger charge is -2.34. The monoisotopic (exact) mass is 1290 g/mol. The summed E-state index contributed by atoms with van der Waals surface area (Å²) in [7, 11) is 0. The summed E-state index contributed by atoms with van der Waals surface area (Å²) in [6.45, 7) is 1.04. The molecule has 0 saturated carbocycles. The van der Waals surface area contributed by atoms with Crippen molar-refractivity contribution < 1.29 is 98.0 Å². The highest BCUT2D eigenvalue weighted by Crippen LogP contribution is 2.19. The number of thiocarbonyl (C=S) groups is 1. The molecule has 0 aliphatic carbocycles. The van der Waals surface area contributed by atoms with Crippen LogP contribution in [0.4, 0.5) is 5.69 Å². The maximum absolute atomic E-state index is 13.9. The van der Waals surface area contributed by atoms with Crippen molar-refractivity contribution in [1.82, 2.24) is 50.8 Å². The van der Waals surface area contributed by atoms with E-state index in [9.17, 15) is 88.5 Å². The maximum atomic E-state index is 13.9. The molecular weight excluding hydrogens is 1210 g/mol. The van der Waals surface area contributed by atoms with Gasteiger partial charge >= 0.3 is 11.9 Å². The topological polar surface area (TPSA) is 458 Å². The van der Waals surface area contributed by atoms with Crippen LogP contribution in [0.15, 0.2) is 67.1 Å². The Morgan fingerprint density at radius 3 is 1.64 bits per heavy atom. The standard InChI is InChI=1S/C59H83N11O20S/c1-38(49(74)26-42(24-45-29-60-37-62-45)57(86)65-47(34-71)50(75)27-41(23-39-5-3-2-4-6-39)56(85)66-48(35-72)58(87)88)63-55(84)43(28-51(76)77)25-46(73)36-90-22-21-89-20-11-61-59(91)64-44-9-7-40(8-10-44)30-67-12-14-68(31-52(78)79)16-18-70(33-54(82)83)19-17-69(15-13-67)32-53(80)81/h2-10,29,37-38,41-43,47-48,71-72H,11-28,30-36H2,1H3,(H,60,62)(H,63,84)(H,65,86)(H,66,85)(H,76,77)(H,78,79)(H,80,81)(H,82,83)(H,87,88)(H2,61,64,91)/p-3/t38-,41+,42+,43-,47-,48-/m0/s1. The van der Waals surface area contributed by atoms with Crippen LogP contribution in [-0.4, -0.2) is 256 Å². The first-order valence-corrected chi connectivity index (χ1v) is 29.8. The highest BCUT2D eigenvalue weighted by atomic mass is 32.1. The van der Waals surface area contributed by atoms with Crippen molar-refractivity contribution in [2.24, 2.45) is 17.8 Å². The summed E-state index contributed by atoms with van der Waals surface area (Å²) in [5.74, 6) is -15.5. The number of aromatic amines is 1. The van der Waals surface area contributed by atoms with E-state index in [0.29, 0.717) is 49.7 Å². The predicted octanol–water partition coefficient (Wildman–Crippen LogP) is -6.07. The van der Waals surface area contributed by atoms with E-state index in [1.807, 2.05) is 24.3 Å². The number of anilines is 1. The van der Waals surface area contributed by atoms with Gasteiger partial charge in [0.05, 0.1) is 81.6 Å². The lowest BCUT2D eigenvalue weighted by atomic mass is 9.90. The van der Waals surface area contributed by atoms with Crippen molar-refractivity contribution in [3.05, 3.63) is 83.9 Å². The molecule has 32 heteroatoms. The highest BCUT2D eigenvalue weighted by Gasteiger charge is 2.34. The van der Waals surface area contributed by atoms with E-state index < -0.39 is 153 Å². The molecule has 2 heterocycles. The van der Waals surface area contributed by atoms with Crippen LogP contribution in [0.5, 0.6) is 0 Å². The van der Waals surface area contributed by atoms with Crippen LogP contribution in [0, 0.1) is 17.8 Å². The first-order valence-electron chi connectivity index (χ1n) is 29.4. The molecule has 3 amide bonds. The largest absolute Gasteiger partial charge is 0.549 e. The molecule has 10 N–H and O–H groups in total. The van der Waals surface area contributed by atoms with Crippen molar-refractivity contribution >= 4 is 87.9 Å². The SMILES string of the molecule is C[C@H](NC(=O)[C@H](CC(=O)O)CC(=O)COCCOCCNC(=S)Nc1ccc(CN2CCN(CC(=O)[O-])CCN(CC(=O)[O-])CCN(CC(=O)[O-])CC2)cc1)C(=O)C[C@@H](Cc1cnc[nH]1)C(=O)N[C@@H](CO)C(=O)C[C@@H](Cc1ccccc1)C(=O)N[C@@H](CO)C(=O)O. The number of carbonyl (C=O) groups excluding carboxylic acids is 9. The second-order valence-electron chi connectivity index (χ2n) is 21.8. The number of carbonyl (C=O) groups is 11. The van der Waals surface area contributed by atoms with Crippen LogP contribution in [0.3, 0.4) is 0 Å². The van der Waals surface area contributed by atoms with Gasteiger partial charge in [0, 0.05) is 134 Å². The fourth-order valence-corrected chi connectivity index (χ4v) is 9.83. The van der Waals surface area contributed by atoms with E-state index in [0.717, 1.165) is 5.56 Å². The Kier molecular flexibility index (Phi) is 33.5. The van der Waals surface area contributed by atoms with Crippen molar-refractivity contribution in [3.8, 4) is 0 Å². The minimum atomic E-state index is -1.67. The number of aliphatic hydroxyl groups excluding tert-OH is 2. The van der Waals surface area contributed by atoms with Gasteiger partial charge in [-0.1, -0.05) is 42.5 Å². The van der Waals surface area contributed by atoms with Crippen LogP contribution < -0.4 is 41.9 Å². The molecule has 1 aliphatic heterocycles. The van der Waals surface area contributed by atoms with Crippen LogP contribution in [0.2, 0.25) is 0 Å². The van der Waals surface area contributed by atoms with Crippen LogP contribution in [0.1, 0.15) is 49.4 Å². The molecule has 31 nitrogen and oxygen atoms in total. The minimum absolute atomic E-state index is 0.0477. The zero-order valence-electron chi connectivity index (χ0n) is 50.5. The zero-order chi connectivity index (χ0) is 66.8. The number of amides is 3. The average Bonchev–Trinajstić information content (AvgIpc) is 3.33. The number of ketones is 3. The van der Waals surface area contributed by atoms with E-state index in [-0.39, 0.29) is 83.6 Å². The van der Waals surface area contributed by atoms with Crippen LogP contribution >= 0.6 is 12.2 Å². The summed E-state index contributed by atoms with van der Waals surface area (Å²) >= 11 is 5.43. The third-order valence-corrected chi connectivity index (χ3v) is 14.8. The first kappa shape index (κ1) is 75.2. The minimum Gasteiger partial charge on any atom is -0.549 e. The molecule has 4 rings (SSSR count). The number of hydrogen-bond acceptors (Lipinski definition) is 24. The third-order valence-electron chi connectivity index (χ3n) is 14.5. The molecule has 2 aromatic carbocycles. The van der Waals surface area contributed by atoms with Crippen molar-refractivity contribution in [2.45, 2.75) is 70.1 Å². The van der Waals surface area contributed by atoms with Gasteiger partial charge in [-0.25, -0.2) is 9.78 Å². The molecule has 0 unspecified atom stereocenters. The number of imidazole rings is 1. The Balaban J connectivity index is 1.21. The summed E-state index contributed by atoms with van der Waals surface area (Å²) in [6.07, 6.45) is 0.0330. The summed E-state index contributed by atoms with van der Waals surface area (Å²) in [6, 6.07) is 11.2. The van der Waals surface area contributed by atoms with Gasteiger partial charge in [0.2, 0.25) is 17.7 Å². The fourth-order valence-electron chi connectivity index (χ4n) is 9.62. The number of rotatable bonds is 40. The predicted molar refractivity (Wildman–Crippen MR) is 319 cm³/mol. The van der Waals surface area contributed by atoms with Gasteiger partial charge in [0.1, 0.15) is 18.7 Å². The maximum Gasteiger partial charge on any atom is 0.328 e. The number of hydrogen-bond donors (Lipinski definition) is 10. The number of carboxylic acid groups (broad SMARTS) is 5. The van der Waals surface area contributed by atoms with Crippen molar-refractivity contribution in [1.29, 1.82) is 0 Å². The van der Waals surface area contributed by atoms with E-state index in [2.05, 4.69) is 41.5 Å². The average molecular weight is 1300 g/mol. The first-order chi connectivity index (χ1) is 43.4. The molecule has 0 radical (unpaired) electrons. The number of benzene rings is 2. The summed E-state index contributed by atoms with van der Waals surface area (Å²) in [5, 5.41) is 86.7. The number of aromatic nitrogens is 2. The Morgan fingerprint density at radius 2 is 1.12 bits per heavy atom. The molecule has 500 valence electrons. The normalized spacial score (nSPS) is 15.8.